The summed E-state index contributed by atoms with van der Waals surface area (Å²) in [6.07, 6.45) is 1.26. The van der Waals surface area contributed by atoms with Gasteiger partial charge in [0, 0.05) is 11.4 Å². The Morgan fingerprint density at radius 1 is 1.16 bits per heavy atom. The lowest BCUT2D eigenvalue weighted by Gasteiger charge is -2.08. The fourth-order valence-electron chi connectivity index (χ4n) is 1.98. The Balaban J connectivity index is 2.01. The second kappa shape index (κ2) is 6.05. The van der Waals surface area contributed by atoms with E-state index in [1.54, 1.807) is 0 Å². The van der Waals surface area contributed by atoms with Crippen LogP contribution >= 0.6 is 0 Å². The molecule has 0 saturated heterocycles. The lowest BCUT2D eigenvalue weighted by molar-refractivity contribution is -0.115. The molecule has 0 fully saturated rings. The van der Waals surface area contributed by atoms with Crippen molar-refractivity contribution in [2.45, 2.75) is 19.8 Å². The number of carbonyl (C=O) groups excluding carboxylic acids is 1. The van der Waals surface area contributed by atoms with Crippen LogP contribution in [0.3, 0.4) is 0 Å². The van der Waals surface area contributed by atoms with E-state index in [1.807, 2.05) is 48.5 Å². The van der Waals surface area contributed by atoms with Gasteiger partial charge in [0.05, 0.1) is 6.42 Å². The first-order valence-electron chi connectivity index (χ1n) is 6.41. The van der Waals surface area contributed by atoms with Gasteiger partial charge in [0.1, 0.15) is 0 Å². The minimum Gasteiger partial charge on any atom is -0.398 e. The van der Waals surface area contributed by atoms with Gasteiger partial charge in [-0.05, 0) is 29.7 Å². The van der Waals surface area contributed by atoms with Crippen LogP contribution in [0.1, 0.15) is 18.1 Å². The molecule has 2 rings (SSSR count). The summed E-state index contributed by atoms with van der Waals surface area (Å²) in [4.78, 5) is 11.9. The smallest absolute Gasteiger partial charge is 0.228 e. The van der Waals surface area contributed by atoms with Crippen molar-refractivity contribution in [3.8, 4) is 0 Å². The van der Waals surface area contributed by atoms with Crippen LogP contribution in [0.15, 0.2) is 48.5 Å². The number of benzene rings is 2. The zero-order valence-corrected chi connectivity index (χ0v) is 11.0. The fraction of sp³-hybridized carbons (Fsp3) is 0.188. The van der Waals surface area contributed by atoms with Crippen molar-refractivity contribution in [3.63, 3.8) is 0 Å². The third kappa shape index (κ3) is 3.58. The lowest BCUT2D eigenvalue weighted by atomic mass is 10.1. The number of amides is 1. The number of carbonyl (C=O) groups is 1. The van der Waals surface area contributed by atoms with Crippen molar-refractivity contribution in [2.75, 3.05) is 11.1 Å². The Hall–Kier alpha value is -2.29. The highest BCUT2D eigenvalue weighted by Crippen LogP contribution is 2.18. The molecule has 0 heterocycles. The van der Waals surface area contributed by atoms with E-state index < -0.39 is 0 Å². The summed E-state index contributed by atoms with van der Waals surface area (Å²) in [7, 11) is 0. The maximum Gasteiger partial charge on any atom is 0.228 e. The summed E-state index contributed by atoms with van der Waals surface area (Å²) < 4.78 is 0. The Bertz CT molecular complexity index is 564. The highest BCUT2D eigenvalue weighted by Gasteiger charge is 2.05. The van der Waals surface area contributed by atoms with Gasteiger partial charge in [-0.15, -0.1) is 0 Å². The standard InChI is InChI=1S/C16H18N2O/c1-2-13-8-9-14(11-15(13)17)18-16(19)10-12-6-4-3-5-7-12/h3-9,11H,2,10,17H2,1H3,(H,18,19). The quantitative estimate of drug-likeness (QED) is 0.824. The zero-order valence-electron chi connectivity index (χ0n) is 11.0. The molecule has 0 saturated carbocycles. The van der Waals surface area contributed by atoms with Crippen molar-refractivity contribution >= 4 is 17.3 Å². The van der Waals surface area contributed by atoms with Gasteiger partial charge in [-0.1, -0.05) is 43.3 Å². The molecule has 3 nitrogen and oxygen atoms in total. The summed E-state index contributed by atoms with van der Waals surface area (Å²) in [6.45, 7) is 2.05. The van der Waals surface area contributed by atoms with Gasteiger partial charge in [0.25, 0.3) is 0 Å². The highest BCUT2D eigenvalue weighted by molar-refractivity contribution is 5.92. The van der Waals surface area contributed by atoms with Crippen LogP contribution < -0.4 is 11.1 Å². The molecule has 0 aliphatic heterocycles. The van der Waals surface area contributed by atoms with Gasteiger partial charge in [-0.25, -0.2) is 0 Å². The molecule has 3 N–H and O–H groups in total. The van der Waals surface area contributed by atoms with E-state index in [4.69, 9.17) is 5.73 Å². The van der Waals surface area contributed by atoms with Crippen LogP contribution in [0.2, 0.25) is 0 Å². The number of aryl methyl sites for hydroxylation is 1. The average molecular weight is 254 g/mol. The molecule has 19 heavy (non-hydrogen) atoms. The summed E-state index contributed by atoms with van der Waals surface area (Å²) >= 11 is 0. The molecular formula is C16H18N2O. The van der Waals surface area contributed by atoms with Crippen LogP contribution in [0.5, 0.6) is 0 Å². The van der Waals surface area contributed by atoms with Gasteiger partial charge < -0.3 is 11.1 Å². The number of nitrogen functional groups attached to an aromatic ring is 1. The number of anilines is 2. The Morgan fingerprint density at radius 2 is 1.89 bits per heavy atom. The second-order valence-electron chi connectivity index (χ2n) is 4.48. The molecule has 0 unspecified atom stereocenters. The predicted octanol–water partition coefficient (Wildman–Crippen LogP) is 3.01. The van der Waals surface area contributed by atoms with Crippen LogP contribution in [-0.2, 0) is 17.6 Å². The van der Waals surface area contributed by atoms with Gasteiger partial charge in [0.15, 0.2) is 0 Å². The number of rotatable bonds is 4. The molecule has 1 amide bonds. The number of nitrogens with one attached hydrogen (secondary N) is 1. The van der Waals surface area contributed by atoms with E-state index in [9.17, 15) is 4.79 Å². The molecule has 0 aliphatic carbocycles. The first-order chi connectivity index (χ1) is 9.19. The molecule has 2 aromatic rings. The maximum absolute atomic E-state index is 11.9. The largest absolute Gasteiger partial charge is 0.398 e. The third-order valence-corrected chi connectivity index (χ3v) is 3.02. The van der Waals surface area contributed by atoms with Crippen LogP contribution in [0.25, 0.3) is 0 Å². The van der Waals surface area contributed by atoms with Crippen LogP contribution in [0, 0.1) is 0 Å². The van der Waals surface area contributed by atoms with Crippen molar-refractivity contribution < 1.29 is 4.79 Å². The molecule has 0 aromatic heterocycles. The summed E-state index contributed by atoms with van der Waals surface area (Å²) in [5.74, 6) is -0.0325. The number of nitrogens with two attached hydrogens (primary N) is 1. The molecular weight excluding hydrogens is 236 g/mol. The minimum atomic E-state index is -0.0325. The monoisotopic (exact) mass is 254 g/mol. The Labute approximate surface area is 113 Å². The molecule has 0 spiro atoms. The van der Waals surface area contributed by atoms with E-state index in [0.717, 1.165) is 28.9 Å². The molecule has 0 radical (unpaired) electrons. The van der Waals surface area contributed by atoms with Crippen LogP contribution in [-0.4, -0.2) is 5.91 Å². The normalized spacial score (nSPS) is 10.2. The average Bonchev–Trinajstić information content (AvgIpc) is 2.40. The van der Waals surface area contributed by atoms with Crippen LogP contribution in [0.4, 0.5) is 11.4 Å². The van der Waals surface area contributed by atoms with E-state index in [-0.39, 0.29) is 5.91 Å². The Kier molecular flexibility index (Phi) is 4.18. The minimum absolute atomic E-state index is 0.0325. The van der Waals surface area contributed by atoms with Gasteiger partial charge in [-0.2, -0.15) is 0 Å². The maximum atomic E-state index is 11.9. The zero-order chi connectivity index (χ0) is 13.7. The highest BCUT2D eigenvalue weighted by atomic mass is 16.1. The first-order valence-corrected chi connectivity index (χ1v) is 6.41. The number of hydrogen-bond acceptors (Lipinski definition) is 2. The lowest BCUT2D eigenvalue weighted by Crippen LogP contribution is -2.14. The summed E-state index contributed by atoms with van der Waals surface area (Å²) in [5.41, 5.74) is 9.47. The second-order valence-corrected chi connectivity index (χ2v) is 4.48. The molecule has 2 aromatic carbocycles. The predicted molar refractivity (Wildman–Crippen MR) is 79.0 cm³/mol. The van der Waals surface area contributed by atoms with E-state index in [0.29, 0.717) is 6.42 Å². The van der Waals surface area contributed by atoms with Crippen molar-refractivity contribution in [1.29, 1.82) is 0 Å². The molecule has 0 bridgehead atoms. The van der Waals surface area contributed by atoms with Crippen molar-refractivity contribution in [2.24, 2.45) is 0 Å². The number of hydrogen-bond donors (Lipinski definition) is 2. The fourth-order valence-corrected chi connectivity index (χ4v) is 1.98. The molecule has 0 aliphatic rings. The van der Waals surface area contributed by atoms with Gasteiger partial charge in [0.2, 0.25) is 5.91 Å². The topological polar surface area (TPSA) is 55.1 Å². The van der Waals surface area contributed by atoms with E-state index >= 15 is 0 Å². The van der Waals surface area contributed by atoms with Gasteiger partial charge in [-0.3, -0.25) is 4.79 Å². The van der Waals surface area contributed by atoms with E-state index in [2.05, 4.69) is 12.2 Å². The Morgan fingerprint density at radius 3 is 2.53 bits per heavy atom. The van der Waals surface area contributed by atoms with Gasteiger partial charge >= 0.3 is 0 Å². The molecule has 98 valence electrons. The summed E-state index contributed by atoms with van der Waals surface area (Å²) in [6, 6.07) is 15.3. The third-order valence-electron chi connectivity index (χ3n) is 3.02. The van der Waals surface area contributed by atoms with E-state index in [1.165, 1.54) is 0 Å². The SMILES string of the molecule is CCc1ccc(NC(=O)Cc2ccccc2)cc1N. The molecule has 0 atom stereocenters. The van der Waals surface area contributed by atoms with Crippen molar-refractivity contribution in [3.05, 3.63) is 59.7 Å². The van der Waals surface area contributed by atoms with Crippen molar-refractivity contribution in [1.82, 2.24) is 0 Å². The summed E-state index contributed by atoms with van der Waals surface area (Å²) in [5, 5.41) is 2.86. The first kappa shape index (κ1) is 13.1. The molecule has 3 heteroatoms.